The van der Waals surface area contributed by atoms with Crippen molar-refractivity contribution in [3.05, 3.63) is 54.0 Å². The molecule has 2 heterocycles. The SMILES string of the molecule is CC(C)c1ccc(-c2nnn(CC(=O)N(C)CC(=O)NCc3ccco3)n2)cc1. The summed E-state index contributed by atoms with van der Waals surface area (Å²) in [5.41, 5.74) is 2.06. The monoisotopic (exact) mass is 396 g/mol. The van der Waals surface area contributed by atoms with Gasteiger partial charge in [-0.15, -0.1) is 10.2 Å². The predicted octanol–water partition coefficient (Wildman–Crippen LogP) is 1.83. The number of likely N-dealkylation sites (N-methyl/N-ethyl adjacent to an activating group) is 1. The van der Waals surface area contributed by atoms with Gasteiger partial charge in [0.2, 0.25) is 17.6 Å². The fourth-order valence-corrected chi connectivity index (χ4v) is 2.64. The molecule has 0 spiro atoms. The summed E-state index contributed by atoms with van der Waals surface area (Å²) in [4.78, 5) is 26.9. The van der Waals surface area contributed by atoms with Crippen molar-refractivity contribution < 1.29 is 14.0 Å². The van der Waals surface area contributed by atoms with E-state index in [9.17, 15) is 9.59 Å². The number of benzene rings is 1. The van der Waals surface area contributed by atoms with Crippen LogP contribution in [-0.4, -0.2) is 50.5 Å². The van der Waals surface area contributed by atoms with E-state index in [0.29, 0.717) is 17.5 Å². The Hall–Kier alpha value is -3.49. The lowest BCUT2D eigenvalue weighted by atomic mass is 10.0. The molecule has 0 saturated carbocycles. The van der Waals surface area contributed by atoms with Crippen LogP contribution in [0.1, 0.15) is 31.1 Å². The molecular weight excluding hydrogens is 372 g/mol. The van der Waals surface area contributed by atoms with Crippen LogP contribution < -0.4 is 5.32 Å². The van der Waals surface area contributed by atoms with Gasteiger partial charge in [-0.2, -0.15) is 4.80 Å². The molecule has 9 heteroatoms. The van der Waals surface area contributed by atoms with Gasteiger partial charge in [-0.05, 0) is 28.8 Å². The quantitative estimate of drug-likeness (QED) is 0.623. The van der Waals surface area contributed by atoms with E-state index in [1.54, 1.807) is 19.2 Å². The number of carbonyl (C=O) groups is 2. The zero-order valence-corrected chi connectivity index (χ0v) is 16.7. The molecule has 152 valence electrons. The fourth-order valence-electron chi connectivity index (χ4n) is 2.64. The molecule has 0 bridgehead atoms. The number of amides is 2. The molecule has 0 unspecified atom stereocenters. The average molecular weight is 396 g/mol. The van der Waals surface area contributed by atoms with E-state index in [1.807, 2.05) is 24.3 Å². The highest BCUT2D eigenvalue weighted by atomic mass is 16.3. The molecule has 2 aromatic heterocycles. The minimum atomic E-state index is -0.294. The van der Waals surface area contributed by atoms with Crippen LogP contribution in [0.25, 0.3) is 11.4 Å². The van der Waals surface area contributed by atoms with Gasteiger partial charge in [-0.3, -0.25) is 9.59 Å². The molecule has 0 aliphatic heterocycles. The molecule has 1 N–H and O–H groups in total. The maximum atomic E-state index is 12.3. The largest absolute Gasteiger partial charge is 0.467 e. The molecule has 3 rings (SSSR count). The summed E-state index contributed by atoms with van der Waals surface area (Å²) in [5.74, 6) is 0.962. The first kappa shape index (κ1) is 20.2. The molecule has 29 heavy (non-hydrogen) atoms. The van der Waals surface area contributed by atoms with Gasteiger partial charge in [0.15, 0.2) is 0 Å². The van der Waals surface area contributed by atoms with E-state index in [2.05, 4.69) is 34.6 Å². The van der Waals surface area contributed by atoms with Gasteiger partial charge in [-0.1, -0.05) is 38.1 Å². The van der Waals surface area contributed by atoms with Gasteiger partial charge in [-0.25, -0.2) is 0 Å². The number of aromatic nitrogens is 4. The lowest BCUT2D eigenvalue weighted by Gasteiger charge is -2.16. The molecule has 0 radical (unpaired) electrons. The van der Waals surface area contributed by atoms with E-state index in [0.717, 1.165) is 5.56 Å². The normalized spacial score (nSPS) is 10.9. The molecule has 0 aliphatic carbocycles. The summed E-state index contributed by atoms with van der Waals surface area (Å²) >= 11 is 0. The summed E-state index contributed by atoms with van der Waals surface area (Å²) in [6.45, 7) is 4.36. The van der Waals surface area contributed by atoms with Crippen molar-refractivity contribution >= 4 is 11.8 Å². The van der Waals surface area contributed by atoms with Crippen molar-refractivity contribution in [3.63, 3.8) is 0 Å². The Morgan fingerprint density at radius 1 is 1.21 bits per heavy atom. The van der Waals surface area contributed by atoms with E-state index in [4.69, 9.17) is 4.42 Å². The standard InChI is InChI=1S/C20H24N6O3/c1-14(2)15-6-8-16(9-7-15)20-22-24-26(23-20)13-19(28)25(3)12-18(27)21-11-17-5-4-10-29-17/h4-10,14H,11-13H2,1-3H3,(H,21,27). The van der Waals surface area contributed by atoms with Gasteiger partial charge < -0.3 is 14.6 Å². The highest BCUT2D eigenvalue weighted by molar-refractivity contribution is 5.84. The van der Waals surface area contributed by atoms with Gasteiger partial charge >= 0.3 is 0 Å². The number of hydrogen-bond donors (Lipinski definition) is 1. The predicted molar refractivity (Wildman–Crippen MR) is 106 cm³/mol. The Balaban J connectivity index is 1.51. The van der Waals surface area contributed by atoms with E-state index in [-0.39, 0.29) is 31.4 Å². The van der Waals surface area contributed by atoms with Crippen molar-refractivity contribution in [1.82, 2.24) is 30.4 Å². The molecule has 0 aliphatic rings. The highest BCUT2D eigenvalue weighted by Gasteiger charge is 2.16. The summed E-state index contributed by atoms with van der Waals surface area (Å²) in [6.07, 6.45) is 1.54. The van der Waals surface area contributed by atoms with Crippen molar-refractivity contribution in [3.8, 4) is 11.4 Å². The van der Waals surface area contributed by atoms with Crippen molar-refractivity contribution in [2.75, 3.05) is 13.6 Å². The third-order valence-electron chi connectivity index (χ3n) is 4.41. The van der Waals surface area contributed by atoms with Crippen LogP contribution in [0.15, 0.2) is 47.1 Å². The fraction of sp³-hybridized carbons (Fsp3) is 0.350. The number of nitrogens with one attached hydrogen (secondary N) is 1. The van der Waals surface area contributed by atoms with Crippen LogP contribution in [0.3, 0.4) is 0 Å². The van der Waals surface area contributed by atoms with E-state index < -0.39 is 0 Å². The smallest absolute Gasteiger partial charge is 0.246 e. The minimum Gasteiger partial charge on any atom is -0.467 e. The second-order valence-corrected chi connectivity index (χ2v) is 7.03. The summed E-state index contributed by atoms with van der Waals surface area (Å²) in [6, 6.07) is 11.4. The first-order valence-electron chi connectivity index (χ1n) is 9.33. The van der Waals surface area contributed by atoms with Crippen LogP contribution >= 0.6 is 0 Å². The van der Waals surface area contributed by atoms with Crippen LogP contribution in [0.4, 0.5) is 0 Å². The van der Waals surface area contributed by atoms with Gasteiger partial charge in [0, 0.05) is 12.6 Å². The first-order chi connectivity index (χ1) is 13.9. The number of rotatable bonds is 8. The van der Waals surface area contributed by atoms with E-state index in [1.165, 1.54) is 21.5 Å². The van der Waals surface area contributed by atoms with Crippen LogP contribution in [0.2, 0.25) is 0 Å². The third-order valence-corrected chi connectivity index (χ3v) is 4.41. The first-order valence-corrected chi connectivity index (χ1v) is 9.33. The number of furan rings is 1. The Kier molecular flexibility index (Phi) is 6.38. The molecule has 0 saturated heterocycles. The average Bonchev–Trinajstić information content (AvgIpc) is 3.38. The van der Waals surface area contributed by atoms with Crippen LogP contribution in [0.5, 0.6) is 0 Å². The minimum absolute atomic E-state index is 0.0717. The molecule has 2 amide bonds. The Labute approximate surface area is 168 Å². The molecular formula is C20H24N6O3. The molecule has 0 atom stereocenters. The summed E-state index contributed by atoms with van der Waals surface area (Å²) in [5, 5.41) is 14.9. The van der Waals surface area contributed by atoms with Gasteiger partial charge in [0.25, 0.3) is 0 Å². The van der Waals surface area contributed by atoms with Gasteiger partial charge in [0.1, 0.15) is 12.3 Å². The molecule has 3 aromatic rings. The summed E-state index contributed by atoms with van der Waals surface area (Å²) in [7, 11) is 1.55. The lowest BCUT2D eigenvalue weighted by molar-refractivity contribution is -0.135. The molecule has 1 aromatic carbocycles. The van der Waals surface area contributed by atoms with E-state index >= 15 is 0 Å². The zero-order valence-electron chi connectivity index (χ0n) is 16.7. The lowest BCUT2D eigenvalue weighted by Crippen LogP contribution is -2.39. The number of hydrogen-bond acceptors (Lipinski definition) is 6. The maximum Gasteiger partial charge on any atom is 0.246 e. The molecule has 9 nitrogen and oxygen atoms in total. The number of tetrazole rings is 1. The second-order valence-electron chi connectivity index (χ2n) is 7.03. The Morgan fingerprint density at radius 2 is 1.97 bits per heavy atom. The summed E-state index contributed by atoms with van der Waals surface area (Å²) < 4.78 is 5.15. The van der Waals surface area contributed by atoms with Crippen molar-refractivity contribution in [2.45, 2.75) is 32.9 Å². The van der Waals surface area contributed by atoms with Gasteiger partial charge in [0.05, 0.1) is 19.4 Å². The number of nitrogens with zero attached hydrogens (tertiary/aromatic N) is 5. The zero-order chi connectivity index (χ0) is 20.8. The van der Waals surface area contributed by atoms with Crippen LogP contribution in [0, 0.1) is 0 Å². The van der Waals surface area contributed by atoms with Crippen LogP contribution in [-0.2, 0) is 22.7 Å². The Morgan fingerprint density at radius 3 is 2.62 bits per heavy atom. The van der Waals surface area contributed by atoms with Crippen molar-refractivity contribution in [1.29, 1.82) is 0 Å². The molecule has 0 fully saturated rings. The third kappa shape index (κ3) is 5.50. The highest BCUT2D eigenvalue weighted by Crippen LogP contribution is 2.19. The maximum absolute atomic E-state index is 12.3. The Bertz CT molecular complexity index is 947. The second kappa shape index (κ2) is 9.13. The number of carbonyl (C=O) groups excluding carboxylic acids is 2. The van der Waals surface area contributed by atoms with Crippen molar-refractivity contribution in [2.24, 2.45) is 0 Å². The topological polar surface area (TPSA) is 106 Å².